The number of carbonyl (C=O) groups excluding carboxylic acids is 2. The van der Waals surface area contributed by atoms with Crippen molar-refractivity contribution in [3.05, 3.63) is 131 Å². The van der Waals surface area contributed by atoms with E-state index in [9.17, 15) is 9.59 Å². The van der Waals surface area contributed by atoms with Gasteiger partial charge in [0.2, 0.25) is 0 Å². The molecule has 0 saturated carbocycles. The van der Waals surface area contributed by atoms with E-state index < -0.39 is 11.9 Å². The highest BCUT2D eigenvalue weighted by atomic mass is 16.5. The quantitative estimate of drug-likeness (QED) is 0.197. The Morgan fingerprint density at radius 1 is 0.472 bits per heavy atom. The molecule has 0 aliphatic carbocycles. The van der Waals surface area contributed by atoms with Crippen molar-refractivity contribution < 1.29 is 28.5 Å². The molecule has 0 bridgehead atoms. The Labute approximate surface area is 210 Å². The summed E-state index contributed by atoms with van der Waals surface area (Å²) < 4.78 is 22.4. The highest BCUT2D eigenvalue weighted by Gasteiger charge is 2.16. The van der Waals surface area contributed by atoms with Crippen molar-refractivity contribution in [2.75, 3.05) is 13.2 Å². The van der Waals surface area contributed by atoms with Crippen molar-refractivity contribution >= 4 is 11.9 Å². The van der Waals surface area contributed by atoms with Gasteiger partial charge in [-0.3, -0.25) is 0 Å². The Morgan fingerprint density at radius 2 is 0.833 bits per heavy atom. The predicted molar refractivity (Wildman–Crippen MR) is 135 cm³/mol. The van der Waals surface area contributed by atoms with Crippen LogP contribution in [0.3, 0.4) is 0 Å². The minimum atomic E-state index is -0.470. The third-order valence-corrected chi connectivity index (χ3v) is 5.24. The summed E-state index contributed by atoms with van der Waals surface area (Å²) in [7, 11) is 0. The fourth-order valence-electron chi connectivity index (χ4n) is 3.43. The van der Waals surface area contributed by atoms with Crippen molar-refractivity contribution in [3.63, 3.8) is 0 Å². The van der Waals surface area contributed by atoms with Crippen LogP contribution in [0, 0.1) is 0 Å². The molecule has 182 valence electrons. The van der Waals surface area contributed by atoms with E-state index in [2.05, 4.69) is 0 Å². The van der Waals surface area contributed by atoms with E-state index in [1.54, 1.807) is 48.5 Å². The zero-order chi connectivity index (χ0) is 25.0. The normalized spacial score (nSPS) is 10.3. The summed E-state index contributed by atoms with van der Waals surface area (Å²) in [4.78, 5) is 25.2. The Balaban J connectivity index is 1.29. The molecule has 36 heavy (non-hydrogen) atoms. The number of ether oxygens (including phenoxy) is 4. The van der Waals surface area contributed by atoms with Crippen LogP contribution >= 0.6 is 0 Å². The van der Waals surface area contributed by atoms with Gasteiger partial charge in [-0.1, -0.05) is 84.9 Å². The summed E-state index contributed by atoms with van der Waals surface area (Å²) in [6, 6.07) is 32.7. The lowest BCUT2D eigenvalue weighted by atomic mass is 10.2. The highest BCUT2D eigenvalue weighted by molar-refractivity contribution is 5.93. The number of benzene rings is 4. The number of hydrogen-bond donors (Lipinski definition) is 0. The van der Waals surface area contributed by atoms with Gasteiger partial charge in [-0.25, -0.2) is 9.59 Å². The molecule has 6 heteroatoms. The first-order valence-electron chi connectivity index (χ1n) is 11.6. The SMILES string of the molecule is O=C(OCc1ccccc1)c1ccccc1OCCOc1ccccc1C(=O)OCc1ccccc1. The maximum atomic E-state index is 12.6. The average Bonchev–Trinajstić information content (AvgIpc) is 2.94. The number of carbonyl (C=O) groups is 2. The molecule has 0 atom stereocenters. The second-order valence-corrected chi connectivity index (χ2v) is 7.81. The third kappa shape index (κ3) is 6.96. The standard InChI is InChI=1S/C30H26O6/c31-29(35-21-23-11-3-1-4-12-23)25-15-7-9-17-27(25)33-19-20-34-28-18-10-8-16-26(28)30(32)36-22-24-13-5-2-6-14-24/h1-18H,19-22H2. The molecule has 0 aliphatic rings. The molecule has 4 rings (SSSR count). The number of para-hydroxylation sites is 2. The summed E-state index contributed by atoms with van der Waals surface area (Å²) in [5.41, 5.74) is 2.47. The third-order valence-electron chi connectivity index (χ3n) is 5.24. The van der Waals surface area contributed by atoms with Crippen molar-refractivity contribution in [1.29, 1.82) is 0 Å². The first-order valence-corrected chi connectivity index (χ1v) is 11.6. The monoisotopic (exact) mass is 482 g/mol. The Kier molecular flexibility index (Phi) is 8.70. The molecule has 0 heterocycles. The summed E-state index contributed by atoms with van der Waals surface area (Å²) in [5.74, 6) is -0.145. The molecule has 0 aromatic heterocycles. The Morgan fingerprint density at radius 3 is 1.25 bits per heavy atom. The number of esters is 2. The molecule has 0 fully saturated rings. The largest absolute Gasteiger partial charge is 0.489 e. The van der Waals surface area contributed by atoms with Crippen LogP contribution in [0.4, 0.5) is 0 Å². The van der Waals surface area contributed by atoms with Gasteiger partial charge in [0, 0.05) is 0 Å². The van der Waals surface area contributed by atoms with Gasteiger partial charge in [0.1, 0.15) is 49.1 Å². The van der Waals surface area contributed by atoms with E-state index >= 15 is 0 Å². The molecule has 0 saturated heterocycles. The molecule has 0 spiro atoms. The van der Waals surface area contributed by atoms with Gasteiger partial charge in [0.15, 0.2) is 0 Å². The van der Waals surface area contributed by atoms with Gasteiger partial charge in [0.25, 0.3) is 0 Å². The molecular weight excluding hydrogens is 456 g/mol. The lowest BCUT2D eigenvalue weighted by Crippen LogP contribution is -2.14. The van der Waals surface area contributed by atoms with E-state index in [0.717, 1.165) is 11.1 Å². The lowest BCUT2D eigenvalue weighted by molar-refractivity contribution is 0.0455. The molecule has 0 unspecified atom stereocenters. The van der Waals surface area contributed by atoms with Crippen molar-refractivity contribution in [3.8, 4) is 11.5 Å². The smallest absolute Gasteiger partial charge is 0.342 e. The molecule has 4 aromatic rings. The van der Waals surface area contributed by atoms with E-state index in [4.69, 9.17) is 18.9 Å². The van der Waals surface area contributed by atoms with Gasteiger partial charge in [-0.15, -0.1) is 0 Å². The van der Waals surface area contributed by atoms with Crippen molar-refractivity contribution in [2.45, 2.75) is 13.2 Å². The van der Waals surface area contributed by atoms with Gasteiger partial charge in [-0.2, -0.15) is 0 Å². The Hall–Kier alpha value is -4.58. The summed E-state index contributed by atoms with van der Waals surface area (Å²) >= 11 is 0. The molecule has 0 N–H and O–H groups in total. The van der Waals surface area contributed by atoms with Crippen LogP contribution in [0.5, 0.6) is 11.5 Å². The van der Waals surface area contributed by atoms with E-state index in [-0.39, 0.29) is 26.4 Å². The second kappa shape index (κ2) is 12.8. The number of rotatable bonds is 11. The highest BCUT2D eigenvalue weighted by Crippen LogP contribution is 2.22. The average molecular weight is 483 g/mol. The zero-order valence-corrected chi connectivity index (χ0v) is 19.7. The van der Waals surface area contributed by atoms with Crippen LogP contribution in [0.25, 0.3) is 0 Å². The minimum absolute atomic E-state index is 0.163. The first kappa shape index (κ1) is 24.5. The van der Waals surface area contributed by atoms with Gasteiger partial charge in [0.05, 0.1) is 0 Å². The van der Waals surface area contributed by atoms with Gasteiger partial charge < -0.3 is 18.9 Å². The summed E-state index contributed by atoms with van der Waals surface area (Å²) in [5, 5.41) is 0. The first-order chi connectivity index (χ1) is 17.7. The topological polar surface area (TPSA) is 71.1 Å². The van der Waals surface area contributed by atoms with Gasteiger partial charge in [-0.05, 0) is 35.4 Å². The number of hydrogen-bond acceptors (Lipinski definition) is 6. The van der Waals surface area contributed by atoms with E-state index in [0.29, 0.717) is 22.6 Å². The molecule has 0 radical (unpaired) electrons. The van der Waals surface area contributed by atoms with Crippen molar-refractivity contribution in [2.24, 2.45) is 0 Å². The zero-order valence-electron chi connectivity index (χ0n) is 19.7. The van der Waals surface area contributed by atoms with Crippen molar-refractivity contribution in [1.82, 2.24) is 0 Å². The Bertz CT molecular complexity index is 1170. The van der Waals surface area contributed by atoms with Crippen LogP contribution in [-0.4, -0.2) is 25.2 Å². The fraction of sp³-hybridized carbons (Fsp3) is 0.133. The minimum Gasteiger partial charge on any atom is -0.489 e. The fourth-order valence-corrected chi connectivity index (χ4v) is 3.43. The van der Waals surface area contributed by atoms with Crippen LogP contribution in [-0.2, 0) is 22.7 Å². The lowest BCUT2D eigenvalue weighted by Gasteiger charge is -2.13. The van der Waals surface area contributed by atoms with Gasteiger partial charge >= 0.3 is 11.9 Å². The molecule has 4 aromatic carbocycles. The molecule has 0 amide bonds. The maximum absolute atomic E-state index is 12.6. The summed E-state index contributed by atoms with van der Waals surface area (Å²) in [6.45, 7) is 0.676. The maximum Gasteiger partial charge on any atom is 0.342 e. The van der Waals surface area contributed by atoms with Crippen LogP contribution < -0.4 is 9.47 Å². The second-order valence-electron chi connectivity index (χ2n) is 7.81. The summed E-state index contributed by atoms with van der Waals surface area (Å²) in [6.07, 6.45) is 0. The van der Waals surface area contributed by atoms with E-state index in [1.165, 1.54) is 0 Å². The predicted octanol–water partition coefficient (Wildman–Crippen LogP) is 5.86. The molecular formula is C30H26O6. The van der Waals surface area contributed by atoms with Crippen LogP contribution in [0.2, 0.25) is 0 Å². The van der Waals surface area contributed by atoms with Crippen LogP contribution in [0.15, 0.2) is 109 Å². The van der Waals surface area contributed by atoms with E-state index in [1.807, 2.05) is 60.7 Å². The van der Waals surface area contributed by atoms with Crippen LogP contribution in [0.1, 0.15) is 31.8 Å². The molecule has 6 nitrogen and oxygen atoms in total. The molecule has 0 aliphatic heterocycles.